The summed E-state index contributed by atoms with van der Waals surface area (Å²) >= 11 is 0. The van der Waals surface area contributed by atoms with E-state index in [0.29, 0.717) is 0 Å². The lowest BCUT2D eigenvalue weighted by Gasteiger charge is -2.09. The minimum atomic E-state index is -4.41. The van der Waals surface area contributed by atoms with Crippen LogP contribution in [0.1, 0.15) is 15.9 Å². The number of halogens is 3. The number of carbonyl (C=O) groups is 1. The first-order valence-corrected chi connectivity index (χ1v) is 5.48. The molecule has 0 saturated heterocycles. The highest BCUT2D eigenvalue weighted by Gasteiger charge is 2.30. The molecule has 0 spiro atoms. The Bertz CT molecular complexity index is 624. The van der Waals surface area contributed by atoms with Crippen molar-refractivity contribution < 1.29 is 22.7 Å². The fourth-order valence-corrected chi connectivity index (χ4v) is 1.48. The Morgan fingerprint density at radius 1 is 1.15 bits per heavy atom. The molecule has 20 heavy (non-hydrogen) atoms. The summed E-state index contributed by atoms with van der Waals surface area (Å²) in [5.41, 5.74) is 4.40. The monoisotopic (exact) mass is 282 g/mol. The Labute approximate surface area is 112 Å². The van der Waals surface area contributed by atoms with Crippen LogP contribution in [0.4, 0.5) is 13.2 Å². The predicted molar refractivity (Wildman–Crippen MR) is 64.3 cm³/mol. The molecule has 0 atom stereocenters. The van der Waals surface area contributed by atoms with Gasteiger partial charge in [0.15, 0.2) is 0 Å². The van der Waals surface area contributed by atoms with E-state index in [-0.39, 0.29) is 17.2 Å². The number of rotatable bonds is 3. The summed E-state index contributed by atoms with van der Waals surface area (Å²) in [5.74, 6) is -0.668. The zero-order chi connectivity index (χ0) is 14.8. The van der Waals surface area contributed by atoms with E-state index in [1.165, 1.54) is 18.3 Å². The Morgan fingerprint density at radius 3 is 2.35 bits per heavy atom. The van der Waals surface area contributed by atoms with E-state index in [9.17, 15) is 18.0 Å². The van der Waals surface area contributed by atoms with Crippen LogP contribution in [-0.4, -0.2) is 10.9 Å². The molecule has 0 bridgehead atoms. The number of aromatic nitrogens is 1. The van der Waals surface area contributed by atoms with Crippen LogP contribution in [0.5, 0.6) is 11.6 Å². The highest BCUT2D eigenvalue weighted by Crippen LogP contribution is 2.31. The van der Waals surface area contributed by atoms with Gasteiger partial charge in [-0.25, -0.2) is 4.98 Å². The van der Waals surface area contributed by atoms with Crippen molar-refractivity contribution in [3.05, 3.63) is 53.7 Å². The van der Waals surface area contributed by atoms with Gasteiger partial charge in [-0.05, 0) is 36.4 Å². The Hall–Kier alpha value is -2.57. The molecule has 0 radical (unpaired) electrons. The molecule has 0 aliphatic heterocycles. The van der Waals surface area contributed by atoms with E-state index in [1.54, 1.807) is 0 Å². The van der Waals surface area contributed by atoms with Crippen molar-refractivity contribution in [1.29, 1.82) is 0 Å². The summed E-state index contributed by atoms with van der Waals surface area (Å²) in [6, 6.07) is 6.95. The van der Waals surface area contributed by atoms with Gasteiger partial charge in [-0.1, -0.05) is 0 Å². The number of primary amides is 1. The first kappa shape index (κ1) is 13.9. The highest BCUT2D eigenvalue weighted by molar-refractivity contribution is 5.95. The number of nitrogens with two attached hydrogens (primary N) is 1. The maximum absolute atomic E-state index is 12.4. The maximum Gasteiger partial charge on any atom is 0.416 e. The van der Waals surface area contributed by atoms with Crippen LogP contribution in [0.25, 0.3) is 0 Å². The van der Waals surface area contributed by atoms with E-state index in [2.05, 4.69) is 4.98 Å². The smallest absolute Gasteiger partial charge is 0.416 e. The molecule has 2 N–H and O–H groups in total. The third kappa shape index (κ3) is 3.05. The highest BCUT2D eigenvalue weighted by atomic mass is 19.4. The van der Waals surface area contributed by atoms with Crippen LogP contribution in [0.3, 0.4) is 0 Å². The molecular formula is C13H9F3N2O2. The van der Waals surface area contributed by atoms with Gasteiger partial charge in [-0.3, -0.25) is 4.79 Å². The maximum atomic E-state index is 12.4. The van der Waals surface area contributed by atoms with E-state index < -0.39 is 17.6 Å². The SMILES string of the molecule is NC(=O)c1cccnc1Oc1ccc(C(F)(F)F)cc1. The standard InChI is InChI=1S/C13H9F3N2O2/c14-13(15,16)8-3-5-9(6-4-8)20-12-10(11(17)19)2-1-7-18-12/h1-7H,(H2,17,19). The Balaban J connectivity index is 2.25. The predicted octanol–water partition coefficient (Wildman–Crippen LogP) is 2.99. The zero-order valence-corrected chi connectivity index (χ0v) is 10.0. The first-order chi connectivity index (χ1) is 9.38. The molecule has 2 aromatic rings. The van der Waals surface area contributed by atoms with Gasteiger partial charge in [0.2, 0.25) is 5.88 Å². The third-order valence-corrected chi connectivity index (χ3v) is 2.43. The lowest BCUT2D eigenvalue weighted by Crippen LogP contribution is -2.12. The van der Waals surface area contributed by atoms with Gasteiger partial charge >= 0.3 is 6.18 Å². The quantitative estimate of drug-likeness (QED) is 0.941. The Kier molecular flexibility index (Phi) is 3.60. The molecule has 0 fully saturated rings. The largest absolute Gasteiger partial charge is 0.438 e. The van der Waals surface area contributed by atoms with Crippen molar-refractivity contribution in [1.82, 2.24) is 4.98 Å². The molecule has 1 aromatic heterocycles. The van der Waals surface area contributed by atoms with Gasteiger partial charge in [0.1, 0.15) is 11.3 Å². The number of nitrogens with zero attached hydrogens (tertiary/aromatic N) is 1. The van der Waals surface area contributed by atoms with Crippen molar-refractivity contribution in [3.63, 3.8) is 0 Å². The van der Waals surface area contributed by atoms with Crippen LogP contribution in [0.2, 0.25) is 0 Å². The van der Waals surface area contributed by atoms with Crippen molar-refractivity contribution in [3.8, 4) is 11.6 Å². The summed E-state index contributed by atoms with van der Waals surface area (Å²) in [5, 5.41) is 0. The summed E-state index contributed by atoms with van der Waals surface area (Å²) in [6.45, 7) is 0. The number of carbonyl (C=O) groups excluding carboxylic acids is 1. The molecular weight excluding hydrogens is 273 g/mol. The molecule has 4 nitrogen and oxygen atoms in total. The van der Waals surface area contributed by atoms with Gasteiger partial charge in [-0.2, -0.15) is 13.2 Å². The summed E-state index contributed by atoms with van der Waals surface area (Å²) < 4.78 is 42.5. The van der Waals surface area contributed by atoms with E-state index in [1.807, 2.05) is 0 Å². The number of alkyl halides is 3. The van der Waals surface area contributed by atoms with Crippen LogP contribution in [-0.2, 0) is 6.18 Å². The fourth-order valence-electron chi connectivity index (χ4n) is 1.48. The third-order valence-electron chi connectivity index (χ3n) is 2.43. The average molecular weight is 282 g/mol. The number of hydrogen-bond donors (Lipinski definition) is 1. The van der Waals surface area contributed by atoms with Gasteiger partial charge in [0.05, 0.1) is 5.56 Å². The molecule has 0 saturated carbocycles. The molecule has 7 heteroatoms. The molecule has 0 aliphatic rings. The number of ether oxygens (including phenoxy) is 1. The second-order valence-corrected chi connectivity index (χ2v) is 3.84. The molecule has 1 amide bonds. The van der Waals surface area contributed by atoms with Crippen molar-refractivity contribution in [2.45, 2.75) is 6.18 Å². The molecule has 104 valence electrons. The normalized spacial score (nSPS) is 11.2. The van der Waals surface area contributed by atoms with Crippen molar-refractivity contribution >= 4 is 5.91 Å². The van der Waals surface area contributed by atoms with Gasteiger partial charge in [0.25, 0.3) is 5.91 Å². The summed E-state index contributed by atoms with van der Waals surface area (Å²) in [7, 11) is 0. The zero-order valence-electron chi connectivity index (χ0n) is 10.0. The minimum Gasteiger partial charge on any atom is -0.438 e. The van der Waals surface area contributed by atoms with Gasteiger partial charge in [-0.15, -0.1) is 0 Å². The van der Waals surface area contributed by atoms with Crippen molar-refractivity contribution in [2.75, 3.05) is 0 Å². The topological polar surface area (TPSA) is 65.2 Å². The van der Waals surface area contributed by atoms with Gasteiger partial charge < -0.3 is 10.5 Å². The van der Waals surface area contributed by atoms with E-state index in [4.69, 9.17) is 10.5 Å². The van der Waals surface area contributed by atoms with Gasteiger partial charge in [0, 0.05) is 6.20 Å². The number of benzene rings is 1. The molecule has 0 unspecified atom stereocenters. The second-order valence-electron chi connectivity index (χ2n) is 3.84. The number of pyridine rings is 1. The average Bonchev–Trinajstić information content (AvgIpc) is 2.38. The molecule has 0 aliphatic carbocycles. The molecule has 2 rings (SSSR count). The molecule has 1 aromatic carbocycles. The summed E-state index contributed by atoms with van der Waals surface area (Å²) in [6.07, 6.45) is -3.03. The Morgan fingerprint density at radius 2 is 1.80 bits per heavy atom. The number of amides is 1. The second kappa shape index (κ2) is 5.20. The molecule has 1 heterocycles. The van der Waals surface area contributed by atoms with Crippen LogP contribution < -0.4 is 10.5 Å². The van der Waals surface area contributed by atoms with E-state index in [0.717, 1.165) is 24.3 Å². The lowest BCUT2D eigenvalue weighted by atomic mass is 10.2. The van der Waals surface area contributed by atoms with E-state index >= 15 is 0 Å². The summed E-state index contributed by atoms with van der Waals surface area (Å²) in [4.78, 5) is 15.0. The van der Waals surface area contributed by atoms with Crippen LogP contribution in [0.15, 0.2) is 42.6 Å². The lowest BCUT2D eigenvalue weighted by molar-refractivity contribution is -0.137. The number of hydrogen-bond acceptors (Lipinski definition) is 3. The first-order valence-electron chi connectivity index (χ1n) is 5.48. The fraction of sp³-hybridized carbons (Fsp3) is 0.0769. The van der Waals surface area contributed by atoms with Crippen LogP contribution in [0, 0.1) is 0 Å². The minimum absolute atomic E-state index is 0.0485. The van der Waals surface area contributed by atoms with Crippen molar-refractivity contribution in [2.24, 2.45) is 5.73 Å². The van der Waals surface area contributed by atoms with Crippen LogP contribution >= 0.6 is 0 Å².